The Balaban J connectivity index is 2.00. The quantitative estimate of drug-likeness (QED) is 0.610. The highest BCUT2D eigenvalue weighted by molar-refractivity contribution is 5.66. The number of carbonyl (C=O) groups is 1. The lowest BCUT2D eigenvalue weighted by Gasteiger charge is -2.35. The Kier molecular flexibility index (Phi) is 2.49. The number of hydrogen-bond donors (Lipinski definition) is 1. The van der Waals surface area contributed by atoms with Gasteiger partial charge in [0.25, 0.3) is 0 Å². The number of rotatable bonds is 1. The first-order chi connectivity index (χ1) is 6.58. The molecule has 0 aromatic carbocycles. The van der Waals surface area contributed by atoms with Crippen LogP contribution < -0.4 is 0 Å². The summed E-state index contributed by atoms with van der Waals surface area (Å²) >= 11 is 0. The second kappa shape index (κ2) is 3.51. The topological polar surface area (TPSA) is 49.8 Å². The lowest BCUT2D eigenvalue weighted by molar-refractivity contribution is -0.149. The van der Waals surface area contributed by atoms with Crippen LogP contribution in [0.4, 0.5) is 0 Å². The van der Waals surface area contributed by atoms with E-state index in [1.165, 1.54) is 6.92 Å². The molecular weight excluding hydrogens is 182 g/mol. The van der Waals surface area contributed by atoms with Gasteiger partial charge in [-0.3, -0.25) is 9.69 Å². The van der Waals surface area contributed by atoms with Crippen molar-refractivity contribution < 1.29 is 14.6 Å². The molecule has 2 fully saturated rings. The molecule has 2 aliphatic rings. The summed E-state index contributed by atoms with van der Waals surface area (Å²) in [5, 5.41) is 9.74. The van der Waals surface area contributed by atoms with Crippen molar-refractivity contribution in [2.24, 2.45) is 0 Å². The number of piperidine rings is 1. The molecule has 14 heavy (non-hydrogen) atoms. The molecule has 0 aromatic heterocycles. The van der Waals surface area contributed by atoms with Crippen LogP contribution in [-0.2, 0) is 9.53 Å². The SMILES string of the molecule is CC(=O)O[C@H]1C[C@H]2C[C@H](O)[C@@H](C1)N2C. The van der Waals surface area contributed by atoms with Gasteiger partial charge in [0.05, 0.1) is 6.10 Å². The fourth-order valence-corrected chi connectivity index (χ4v) is 2.73. The molecule has 0 aromatic rings. The fourth-order valence-electron chi connectivity index (χ4n) is 2.73. The van der Waals surface area contributed by atoms with E-state index >= 15 is 0 Å². The van der Waals surface area contributed by atoms with E-state index in [1.54, 1.807) is 0 Å². The monoisotopic (exact) mass is 199 g/mol. The highest BCUT2D eigenvalue weighted by Gasteiger charge is 2.45. The second-order valence-corrected chi connectivity index (χ2v) is 4.39. The van der Waals surface area contributed by atoms with Gasteiger partial charge in [-0.1, -0.05) is 0 Å². The van der Waals surface area contributed by atoms with Gasteiger partial charge in [-0.05, 0) is 13.5 Å². The maximum absolute atomic E-state index is 10.8. The van der Waals surface area contributed by atoms with Crippen LogP contribution in [0.15, 0.2) is 0 Å². The molecule has 0 aliphatic carbocycles. The summed E-state index contributed by atoms with van der Waals surface area (Å²) in [6.07, 6.45) is 2.22. The number of likely N-dealkylation sites (N-methyl/N-ethyl adjacent to an activating group) is 1. The van der Waals surface area contributed by atoms with Gasteiger partial charge in [-0.15, -0.1) is 0 Å². The van der Waals surface area contributed by atoms with Gasteiger partial charge in [-0.25, -0.2) is 0 Å². The third-order valence-electron chi connectivity index (χ3n) is 3.43. The molecule has 2 bridgehead atoms. The van der Waals surface area contributed by atoms with Crippen molar-refractivity contribution in [1.82, 2.24) is 4.90 Å². The normalized spacial score (nSPS) is 42.5. The zero-order chi connectivity index (χ0) is 10.3. The number of hydrogen-bond acceptors (Lipinski definition) is 4. The predicted octanol–water partition coefficient (Wildman–Crippen LogP) is 0.145. The zero-order valence-corrected chi connectivity index (χ0v) is 8.64. The molecule has 4 heteroatoms. The lowest BCUT2D eigenvalue weighted by atomic mass is 10.0. The largest absolute Gasteiger partial charge is 0.462 e. The minimum Gasteiger partial charge on any atom is -0.462 e. The van der Waals surface area contributed by atoms with Gasteiger partial charge >= 0.3 is 5.97 Å². The van der Waals surface area contributed by atoms with Gasteiger partial charge in [0.2, 0.25) is 0 Å². The molecule has 2 heterocycles. The number of esters is 1. The van der Waals surface area contributed by atoms with Gasteiger partial charge in [-0.2, -0.15) is 0 Å². The highest BCUT2D eigenvalue weighted by atomic mass is 16.5. The molecule has 0 spiro atoms. The first-order valence-corrected chi connectivity index (χ1v) is 5.15. The first kappa shape index (κ1) is 9.93. The van der Waals surface area contributed by atoms with Gasteiger partial charge in [0.1, 0.15) is 6.10 Å². The van der Waals surface area contributed by atoms with E-state index in [9.17, 15) is 9.90 Å². The van der Waals surface area contributed by atoms with Gasteiger partial charge < -0.3 is 9.84 Å². The summed E-state index contributed by atoms with van der Waals surface area (Å²) in [6.45, 7) is 1.44. The Hall–Kier alpha value is -0.610. The third kappa shape index (κ3) is 1.64. The van der Waals surface area contributed by atoms with Crippen molar-refractivity contribution in [2.75, 3.05) is 7.05 Å². The van der Waals surface area contributed by atoms with Crippen LogP contribution in [0.25, 0.3) is 0 Å². The van der Waals surface area contributed by atoms with E-state index in [2.05, 4.69) is 4.90 Å². The second-order valence-electron chi connectivity index (χ2n) is 4.39. The summed E-state index contributed by atoms with van der Waals surface area (Å²) < 4.78 is 5.19. The van der Waals surface area contributed by atoms with Crippen LogP contribution in [-0.4, -0.2) is 47.3 Å². The summed E-state index contributed by atoms with van der Waals surface area (Å²) in [6, 6.07) is 0.561. The van der Waals surface area contributed by atoms with E-state index in [-0.39, 0.29) is 24.2 Å². The number of carbonyl (C=O) groups excluding carboxylic acids is 1. The van der Waals surface area contributed by atoms with Crippen LogP contribution in [0.5, 0.6) is 0 Å². The van der Waals surface area contributed by atoms with E-state index in [4.69, 9.17) is 4.74 Å². The molecule has 80 valence electrons. The van der Waals surface area contributed by atoms with Crippen LogP contribution in [0, 0.1) is 0 Å². The smallest absolute Gasteiger partial charge is 0.302 e. The summed E-state index contributed by atoms with van der Waals surface area (Å²) in [5.41, 5.74) is 0. The molecule has 2 aliphatic heterocycles. The van der Waals surface area contributed by atoms with Crippen molar-refractivity contribution in [3.8, 4) is 0 Å². The fraction of sp³-hybridized carbons (Fsp3) is 0.900. The molecule has 4 nitrogen and oxygen atoms in total. The molecule has 1 N–H and O–H groups in total. The molecule has 4 atom stereocenters. The Morgan fingerprint density at radius 1 is 1.43 bits per heavy atom. The average Bonchev–Trinajstić information content (AvgIpc) is 2.29. The van der Waals surface area contributed by atoms with Gasteiger partial charge in [0.15, 0.2) is 0 Å². The minimum absolute atomic E-state index is 0.0100. The Labute approximate surface area is 83.8 Å². The molecule has 0 radical (unpaired) electrons. The summed E-state index contributed by atoms with van der Waals surface area (Å²) in [4.78, 5) is 13.0. The molecule has 0 unspecified atom stereocenters. The highest BCUT2D eigenvalue weighted by Crippen LogP contribution is 2.35. The third-order valence-corrected chi connectivity index (χ3v) is 3.43. The zero-order valence-electron chi connectivity index (χ0n) is 8.64. The molecule has 2 saturated heterocycles. The van der Waals surface area contributed by atoms with Crippen molar-refractivity contribution in [3.63, 3.8) is 0 Å². The Morgan fingerprint density at radius 2 is 2.14 bits per heavy atom. The number of nitrogens with zero attached hydrogens (tertiary/aromatic N) is 1. The maximum Gasteiger partial charge on any atom is 0.302 e. The molecule has 0 amide bonds. The van der Waals surface area contributed by atoms with Crippen LogP contribution >= 0.6 is 0 Å². The van der Waals surface area contributed by atoms with Gasteiger partial charge in [0, 0.05) is 31.8 Å². The predicted molar refractivity (Wildman–Crippen MR) is 50.8 cm³/mol. The van der Waals surface area contributed by atoms with Crippen LogP contribution in [0.2, 0.25) is 0 Å². The number of aliphatic hydroxyl groups is 1. The Bertz CT molecular complexity index is 244. The first-order valence-electron chi connectivity index (χ1n) is 5.15. The van der Waals surface area contributed by atoms with E-state index in [1.807, 2.05) is 7.05 Å². The Morgan fingerprint density at radius 3 is 2.71 bits per heavy atom. The molecular formula is C10H17NO3. The van der Waals surface area contributed by atoms with Crippen LogP contribution in [0.1, 0.15) is 26.2 Å². The standard InChI is InChI=1S/C10H17NO3/c1-6(12)14-8-3-7-4-10(13)9(5-8)11(7)2/h7-10,13H,3-5H2,1-2H3/t7-,8-,9+,10-/m0/s1. The van der Waals surface area contributed by atoms with E-state index in [0.717, 1.165) is 19.3 Å². The molecule has 2 rings (SSSR count). The van der Waals surface area contributed by atoms with Crippen molar-refractivity contribution >= 4 is 5.97 Å². The molecule has 0 saturated carbocycles. The number of aliphatic hydroxyl groups excluding tert-OH is 1. The van der Waals surface area contributed by atoms with Crippen molar-refractivity contribution in [2.45, 2.75) is 50.5 Å². The number of ether oxygens (including phenoxy) is 1. The van der Waals surface area contributed by atoms with E-state index < -0.39 is 0 Å². The van der Waals surface area contributed by atoms with Crippen LogP contribution in [0.3, 0.4) is 0 Å². The van der Waals surface area contributed by atoms with Crippen molar-refractivity contribution in [1.29, 1.82) is 0 Å². The average molecular weight is 199 g/mol. The summed E-state index contributed by atoms with van der Waals surface area (Å²) in [5.74, 6) is -0.214. The number of fused-ring (bicyclic) bond motifs is 2. The van der Waals surface area contributed by atoms with Crippen molar-refractivity contribution in [3.05, 3.63) is 0 Å². The van der Waals surface area contributed by atoms with E-state index in [0.29, 0.717) is 6.04 Å². The maximum atomic E-state index is 10.8. The lowest BCUT2D eigenvalue weighted by Crippen LogP contribution is -2.45. The minimum atomic E-state index is -0.245. The summed E-state index contributed by atoms with van der Waals surface area (Å²) in [7, 11) is 2.04.